The van der Waals surface area contributed by atoms with Crippen molar-refractivity contribution in [3.63, 3.8) is 0 Å². The number of carbonyl (C=O) groups is 2. The number of thioether (sulfide) groups is 1. The lowest BCUT2D eigenvalue weighted by Gasteiger charge is -2.09. The molecule has 9 heteroatoms. The minimum absolute atomic E-state index is 0.188. The Bertz CT molecular complexity index is 974. The molecule has 0 unspecified atom stereocenters. The predicted octanol–water partition coefficient (Wildman–Crippen LogP) is 3.13. The Hall–Kier alpha value is -2.84. The number of nitrogens with one attached hydrogen (secondary N) is 2. The van der Waals surface area contributed by atoms with E-state index in [9.17, 15) is 9.59 Å². The molecule has 1 heterocycles. The van der Waals surface area contributed by atoms with Gasteiger partial charge in [0.15, 0.2) is 5.16 Å². The van der Waals surface area contributed by atoms with Gasteiger partial charge in [0.2, 0.25) is 5.91 Å². The molecule has 0 aliphatic heterocycles. The fourth-order valence-corrected chi connectivity index (χ4v) is 3.17. The van der Waals surface area contributed by atoms with Gasteiger partial charge in [-0.05, 0) is 35.9 Å². The van der Waals surface area contributed by atoms with Crippen molar-refractivity contribution in [3.8, 4) is 0 Å². The highest BCUT2D eigenvalue weighted by Crippen LogP contribution is 2.16. The second-order valence-corrected chi connectivity index (χ2v) is 7.33. The fourth-order valence-electron chi connectivity index (χ4n) is 2.36. The highest BCUT2D eigenvalue weighted by atomic mass is 35.5. The first kappa shape index (κ1) is 19.9. The Kier molecular flexibility index (Phi) is 6.67. The van der Waals surface area contributed by atoms with Crippen LogP contribution in [0.4, 0.5) is 5.69 Å². The van der Waals surface area contributed by atoms with E-state index in [2.05, 4.69) is 20.8 Å². The minimum atomic E-state index is -0.223. The molecule has 0 bridgehead atoms. The molecule has 0 spiro atoms. The molecular formula is C19H18ClN5O2S. The number of rotatable bonds is 7. The van der Waals surface area contributed by atoms with Gasteiger partial charge < -0.3 is 15.2 Å². The number of carbonyl (C=O) groups excluding carboxylic acids is 2. The van der Waals surface area contributed by atoms with Gasteiger partial charge in [-0.1, -0.05) is 41.6 Å². The quantitative estimate of drug-likeness (QED) is 0.579. The molecule has 0 atom stereocenters. The molecule has 2 amide bonds. The van der Waals surface area contributed by atoms with Crippen molar-refractivity contribution in [1.29, 1.82) is 0 Å². The molecule has 0 fully saturated rings. The molecule has 0 radical (unpaired) electrons. The van der Waals surface area contributed by atoms with Crippen molar-refractivity contribution in [2.75, 3.05) is 11.1 Å². The Morgan fingerprint density at radius 3 is 2.68 bits per heavy atom. The molecule has 2 aromatic carbocycles. The zero-order valence-corrected chi connectivity index (χ0v) is 16.6. The van der Waals surface area contributed by atoms with Gasteiger partial charge in [0, 0.05) is 29.9 Å². The minimum Gasteiger partial charge on any atom is -0.348 e. The van der Waals surface area contributed by atoms with Crippen LogP contribution in [0, 0.1) is 0 Å². The van der Waals surface area contributed by atoms with Crippen LogP contribution >= 0.6 is 23.4 Å². The van der Waals surface area contributed by atoms with E-state index in [-0.39, 0.29) is 17.6 Å². The number of nitrogens with zero attached hydrogens (tertiary/aromatic N) is 3. The van der Waals surface area contributed by atoms with Crippen LogP contribution in [-0.4, -0.2) is 32.3 Å². The summed E-state index contributed by atoms with van der Waals surface area (Å²) in [7, 11) is 1.81. The molecule has 1 aromatic heterocycles. The topological polar surface area (TPSA) is 88.9 Å². The third-order valence-electron chi connectivity index (χ3n) is 3.78. The molecular weight excluding hydrogens is 398 g/mol. The monoisotopic (exact) mass is 415 g/mol. The third kappa shape index (κ3) is 5.58. The average molecular weight is 416 g/mol. The van der Waals surface area contributed by atoms with E-state index in [0.717, 1.165) is 5.56 Å². The maximum Gasteiger partial charge on any atom is 0.251 e. The SMILES string of the molecule is Cn1cnnc1SCC(=O)Nc1cccc(C(=O)NCc2ccc(Cl)cc2)c1. The van der Waals surface area contributed by atoms with Crippen LogP contribution in [0.2, 0.25) is 5.02 Å². The highest BCUT2D eigenvalue weighted by Gasteiger charge is 2.10. The zero-order chi connectivity index (χ0) is 19.9. The average Bonchev–Trinajstić information content (AvgIpc) is 3.11. The van der Waals surface area contributed by atoms with Crippen LogP contribution in [0.5, 0.6) is 0 Å². The second kappa shape index (κ2) is 9.38. The molecule has 0 saturated carbocycles. The predicted molar refractivity (Wildman–Crippen MR) is 109 cm³/mol. The molecule has 0 aliphatic carbocycles. The molecule has 0 saturated heterocycles. The number of hydrogen-bond donors (Lipinski definition) is 2. The summed E-state index contributed by atoms with van der Waals surface area (Å²) >= 11 is 7.14. The maximum absolute atomic E-state index is 12.4. The van der Waals surface area contributed by atoms with Crippen molar-refractivity contribution in [3.05, 3.63) is 71.0 Å². The first-order valence-corrected chi connectivity index (χ1v) is 9.77. The van der Waals surface area contributed by atoms with Crippen molar-refractivity contribution in [2.45, 2.75) is 11.7 Å². The van der Waals surface area contributed by atoms with E-state index in [4.69, 9.17) is 11.6 Å². The molecule has 2 N–H and O–H groups in total. The van der Waals surface area contributed by atoms with E-state index >= 15 is 0 Å². The van der Waals surface area contributed by atoms with Crippen LogP contribution < -0.4 is 10.6 Å². The summed E-state index contributed by atoms with van der Waals surface area (Å²) in [5.74, 6) is -0.217. The summed E-state index contributed by atoms with van der Waals surface area (Å²) in [5, 5.41) is 14.6. The van der Waals surface area contributed by atoms with E-state index in [1.54, 1.807) is 47.3 Å². The number of aryl methyl sites for hydroxylation is 1. The van der Waals surface area contributed by atoms with Crippen molar-refractivity contribution in [1.82, 2.24) is 20.1 Å². The molecule has 28 heavy (non-hydrogen) atoms. The van der Waals surface area contributed by atoms with E-state index < -0.39 is 0 Å². The summed E-state index contributed by atoms with van der Waals surface area (Å²) in [6, 6.07) is 14.1. The van der Waals surface area contributed by atoms with Gasteiger partial charge in [0.1, 0.15) is 6.33 Å². The van der Waals surface area contributed by atoms with Crippen molar-refractivity contribution in [2.24, 2.45) is 7.05 Å². The van der Waals surface area contributed by atoms with Crippen LogP contribution in [0.1, 0.15) is 15.9 Å². The molecule has 7 nitrogen and oxygen atoms in total. The number of anilines is 1. The number of aromatic nitrogens is 3. The zero-order valence-electron chi connectivity index (χ0n) is 15.1. The van der Waals surface area contributed by atoms with Crippen LogP contribution in [-0.2, 0) is 18.4 Å². The highest BCUT2D eigenvalue weighted by molar-refractivity contribution is 7.99. The van der Waals surface area contributed by atoms with Gasteiger partial charge in [-0.3, -0.25) is 9.59 Å². The summed E-state index contributed by atoms with van der Waals surface area (Å²) < 4.78 is 1.74. The third-order valence-corrected chi connectivity index (χ3v) is 5.06. The van der Waals surface area contributed by atoms with Gasteiger partial charge >= 0.3 is 0 Å². The summed E-state index contributed by atoms with van der Waals surface area (Å²) in [6.07, 6.45) is 1.58. The summed E-state index contributed by atoms with van der Waals surface area (Å²) in [5.41, 5.74) is 1.97. The van der Waals surface area contributed by atoms with Crippen molar-refractivity contribution < 1.29 is 9.59 Å². The Labute approximate surface area is 171 Å². The normalized spacial score (nSPS) is 10.5. The fraction of sp³-hybridized carbons (Fsp3) is 0.158. The van der Waals surface area contributed by atoms with Gasteiger partial charge in [0.05, 0.1) is 5.75 Å². The lowest BCUT2D eigenvalue weighted by Crippen LogP contribution is -2.23. The molecule has 3 rings (SSSR count). The van der Waals surface area contributed by atoms with Crippen molar-refractivity contribution >= 4 is 40.9 Å². The van der Waals surface area contributed by atoms with Crippen LogP contribution in [0.25, 0.3) is 0 Å². The van der Waals surface area contributed by atoms with Crippen LogP contribution in [0.3, 0.4) is 0 Å². The van der Waals surface area contributed by atoms with Gasteiger partial charge in [-0.2, -0.15) is 0 Å². The number of amides is 2. The van der Waals surface area contributed by atoms with E-state index in [1.165, 1.54) is 11.8 Å². The standard InChI is InChI=1S/C19H18ClN5O2S/c1-25-12-22-24-19(25)28-11-17(26)23-16-4-2-3-14(9-16)18(27)21-10-13-5-7-15(20)8-6-13/h2-9,12H,10-11H2,1H3,(H,21,27)(H,23,26). The number of hydrogen-bond acceptors (Lipinski definition) is 5. The Morgan fingerprint density at radius 2 is 1.96 bits per heavy atom. The van der Waals surface area contributed by atoms with Gasteiger partial charge in [0.25, 0.3) is 5.91 Å². The molecule has 144 valence electrons. The lowest BCUT2D eigenvalue weighted by atomic mass is 10.1. The van der Waals surface area contributed by atoms with Gasteiger partial charge in [-0.25, -0.2) is 0 Å². The molecule has 3 aromatic rings. The first-order chi connectivity index (χ1) is 13.5. The maximum atomic E-state index is 12.4. The van der Waals surface area contributed by atoms with E-state index in [0.29, 0.717) is 28.0 Å². The number of halogens is 1. The Balaban J connectivity index is 1.53. The lowest BCUT2D eigenvalue weighted by molar-refractivity contribution is -0.113. The van der Waals surface area contributed by atoms with Gasteiger partial charge in [-0.15, -0.1) is 10.2 Å². The summed E-state index contributed by atoms with van der Waals surface area (Å²) in [6.45, 7) is 0.390. The molecule has 0 aliphatic rings. The second-order valence-electron chi connectivity index (χ2n) is 5.95. The number of benzene rings is 2. The smallest absolute Gasteiger partial charge is 0.251 e. The van der Waals surface area contributed by atoms with Crippen LogP contribution in [0.15, 0.2) is 60.0 Å². The Morgan fingerprint density at radius 1 is 1.18 bits per heavy atom. The largest absolute Gasteiger partial charge is 0.348 e. The summed E-state index contributed by atoms with van der Waals surface area (Å²) in [4.78, 5) is 24.5. The van der Waals surface area contributed by atoms with E-state index in [1.807, 2.05) is 19.2 Å². The first-order valence-electron chi connectivity index (χ1n) is 8.40.